The number of rotatable bonds is 4. The maximum absolute atomic E-state index is 12.7. The molecule has 1 aromatic carbocycles. The molecule has 0 fully saturated rings. The molecule has 0 saturated carbocycles. The van der Waals surface area contributed by atoms with Crippen molar-refractivity contribution in [3.63, 3.8) is 0 Å². The molecule has 5 nitrogen and oxygen atoms in total. The molecule has 8 heteroatoms. The van der Waals surface area contributed by atoms with Gasteiger partial charge in [0, 0.05) is 14.5 Å². The van der Waals surface area contributed by atoms with Gasteiger partial charge in [0.25, 0.3) is 0 Å². The van der Waals surface area contributed by atoms with Crippen LogP contribution >= 0.6 is 31.9 Å². The SMILES string of the molecule is CC(C)(C)N(CC(=O)O)S(=O)(=O)c1ccc(Br)cc1Br. The molecule has 0 atom stereocenters. The lowest BCUT2D eigenvalue weighted by Gasteiger charge is -2.33. The maximum Gasteiger partial charge on any atom is 0.318 e. The predicted molar refractivity (Wildman–Crippen MR) is 83.1 cm³/mol. The molecule has 0 heterocycles. The minimum Gasteiger partial charge on any atom is -0.480 e. The van der Waals surface area contributed by atoms with E-state index in [2.05, 4.69) is 31.9 Å². The molecule has 0 amide bonds. The Morgan fingerprint density at radius 3 is 2.25 bits per heavy atom. The lowest BCUT2D eigenvalue weighted by Crippen LogP contribution is -2.48. The second kappa shape index (κ2) is 6.13. The normalized spacial score (nSPS) is 12.7. The summed E-state index contributed by atoms with van der Waals surface area (Å²) in [5, 5.41) is 8.95. The van der Waals surface area contributed by atoms with Gasteiger partial charge in [-0.2, -0.15) is 4.31 Å². The van der Waals surface area contributed by atoms with Gasteiger partial charge < -0.3 is 5.11 Å². The van der Waals surface area contributed by atoms with E-state index in [0.29, 0.717) is 4.47 Å². The van der Waals surface area contributed by atoms with E-state index in [1.807, 2.05) is 0 Å². The van der Waals surface area contributed by atoms with Crippen LogP contribution in [-0.2, 0) is 14.8 Å². The van der Waals surface area contributed by atoms with Gasteiger partial charge in [-0.1, -0.05) is 15.9 Å². The lowest BCUT2D eigenvalue weighted by atomic mass is 10.1. The molecule has 112 valence electrons. The molecule has 1 rings (SSSR count). The number of carbonyl (C=O) groups is 1. The van der Waals surface area contributed by atoms with Crippen molar-refractivity contribution in [3.8, 4) is 0 Å². The Bertz CT molecular complexity index is 623. The van der Waals surface area contributed by atoms with Gasteiger partial charge >= 0.3 is 5.97 Å². The van der Waals surface area contributed by atoms with Crippen LogP contribution in [0.1, 0.15) is 20.8 Å². The summed E-state index contributed by atoms with van der Waals surface area (Å²) in [5.74, 6) is -1.20. The van der Waals surface area contributed by atoms with Crippen LogP contribution in [0.15, 0.2) is 32.0 Å². The molecule has 0 unspecified atom stereocenters. The van der Waals surface area contributed by atoms with E-state index in [9.17, 15) is 13.2 Å². The maximum atomic E-state index is 12.7. The molecule has 1 aromatic rings. The third-order valence-corrected chi connectivity index (χ3v) is 6.07. The highest BCUT2D eigenvalue weighted by Crippen LogP contribution is 2.31. The van der Waals surface area contributed by atoms with Crippen molar-refractivity contribution in [2.24, 2.45) is 0 Å². The molecule has 0 aliphatic heterocycles. The van der Waals surface area contributed by atoms with Gasteiger partial charge in [-0.25, -0.2) is 8.42 Å². The number of hydrogen-bond donors (Lipinski definition) is 1. The van der Waals surface area contributed by atoms with Crippen molar-refractivity contribution in [2.45, 2.75) is 31.2 Å². The molecule has 0 aliphatic carbocycles. The first-order valence-electron chi connectivity index (χ1n) is 5.66. The highest BCUT2D eigenvalue weighted by molar-refractivity contribution is 9.11. The fourth-order valence-corrected chi connectivity index (χ4v) is 5.05. The largest absolute Gasteiger partial charge is 0.480 e. The first-order chi connectivity index (χ1) is 8.96. The third-order valence-electron chi connectivity index (χ3n) is 2.49. The molecule has 1 N–H and O–H groups in total. The topological polar surface area (TPSA) is 74.7 Å². The highest BCUT2D eigenvalue weighted by atomic mass is 79.9. The fourth-order valence-electron chi connectivity index (χ4n) is 1.61. The van der Waals surface area contributed by atoms with E-state index in [1.54, 1.807) is 32.9 Å². The smallest absolute Gasteiger partial charge is 0.318 e. The molecule has 0 bridgehead atoms. The van der Waals surface area contributed by atoms with Crippen LogP contribution in [0.4, 0.5) is 0 Å². The number of sulfonamides is 1. The quantitative estimate of drug-likeness (QED) is 0.799. The van der Waals surface area contributed by atoms with E-state index in [0.717, 1.165) is 8.78 Å². The van der Waals surface area contributed by atoms with Crippen molar-refractivity contribution < 1.29 is 18.3 Å². The molecular weight excluding hydrogens is 414 g/mol. The Kier molecular flexibility index (Phi) is 5.40. The van der Waals surface area contributed by atoms with Gasteiger partial charge in [-0.05, 0) is 54.9 Å². The van der Waals surface area contributed by atoms with E-state index in [1.165, 1.54) is 6.07 Å². The van der Waals surface area contributed by atoms with Crippen LogP contribution in [0.5, 0.6) is 0 Å². The van der Waals surface area contributed by atoms with E-state index in [-0.39, 0.29) is 4.90 Å². The van der Waals surface area contributed by atoms with Gasteiger partial charge in [-0.3, -0.25) is 4.79 Å². The summed E-state index contributed by atoms with van der Waals surface area (Å²) < 4.78 is 27.4. The highest BCUT2D eigenvalue weighted by Gasteiger charge is 2.36. The van der Waals surface area contributed by atoms with Crippen LogP contribution < -0.4 is 0 Å². The number of halogens is 2. The van der Waals surface area contributed by atoms with Crippen molar-refractivity contribution in [1.29, 1.82) is 0 Å². The Morgan fingerprint density at radius 2 is 1.85 bits per heavy atom. The number of carboxylic acids is 1. The molecule has 0 aromatic heterocycles. The molecule has 0 radical (unpaired) electrons. The average Bonchev–Trinajstić information content (AvgIpc) is 2.23. The minimum absolute atomic E-state index is 0.0388. The van der Waals surface area contributed by atoms with Crippen molar-refractivity contribution >= 4 is 47.9 Å². The molecule has 0 spiro atoms. The summed E-state index contributed by atoms with van der Waals surface area (Å²) in [6, 6.07) is 4.64. The summed E-state index contributed by atoms with van der Waals surface area (Å²) in [5.41, 5.74) is -0.844. The third kappa shape index (κ3) is 4.03. The van der Waals surface area contributed by atoms with E-state index in [4.69, 9.17) is 5.11 Å². The lowest BCUT2D eigenvalue weighted by molar-refractivity contribution is -0.138. The van der Waals surface area contributed by atoms with E-state index >= 15 is 0 Å². The van der Waals surface area contributed by atoms with Crippen LogP contribution in [0.25, 0.3) is 0 Å². The monoisotopic (exact) mass is 427 g/mol. The zero-order chi connectivity index (χ0) is 15.7. The summed E-state index contributed by atoms with van der Waals surface area (Å²) in [6.07, 6.45) is 0. The summed E-state index contributed by atoms with van der Waals surface area (Å²) >= 11 is 6.45. The first-order valence-corrected chi connectivity index (χ1v) is 8.68. The number of carboxylic acid groups (broad SMARTS) is 1. The zero-order valence-corrected chi connectivity index (χ0v) is 15.2. The van der Waals surface area contributed by atoms with Gasteiger partial charge in [0.15, 0.2) is 0 Å². The van der Waals surface area contributed by atoms with Crippen LogP contribution in [0, 0.1) is 0 Å². The van der Waals surface area contributed by atoms with E-state index < -0.39 is 28.1 Å². The Balaban J connectivity index is 3.40. The average molecular weight is 429 g/mol. The minimum atomic E-state index is -3.92. The summed E-state index contributed by atoms with van der Waals surface area (Å²) in [7, 11) is -3.92. The molecule has 0 aliphatic rings. The van der Waals surface area contributed by atoms with Gasteiger partial charge in [0.05, 0.1) is 4.90 Å². The fraction of sp³-hybridized carbons (Fsp3) is 0.417. The summed E-state index contributed by atoms with van der Waals surface area (Å²) in [6.45, 7) is 4.37. The van der Waals surface area contributed by atoms with Crippen LogP contribution in [0.2, 0.25) is 0 Å². The zero-order valence-electron chi connectivity index (χ0n) is 11.2. The van der Waals surface area contributed by atoms with Gasteiger partial charge in [0.2, 0.25) is 10.0 Å². The number of nitrogens with zero attached hydrogens (tertiary/aromatic N) is 1. The number of aliphatic carboxylic acids is 1. The second-order valence-electron chi connectivity index (χ2n) is 5.15. The Hall–Kier alpha value is -0.440. The molecule has 0 saturated heterocycles. The Morgan fingerprint density at radius 1 is 1.30 bits per heavy atom. The second-order valence-corrected chi connectivity index (χ2v) is 8.75. The predicted octanol–water partition coefficient (Wildman–Crippen LogP) is 3.09. The first kappa shape index (κ1) is 17.6. The number of benzene rings is 1. The van der Waals surface area contributed by atoms with Gasteiger partial charge in [-0.15, -0.1) is 0 Å². The standard InChI is InChI=1S/C12H15Br2NO4S/c1-12(2,3)15(7-11(16)17)20(18,19)10-5-4-8(13)6-9(10)14/h4-6H,7H2,1-3H3,(H,16,17). The van der Waals surface area contributed by atoms with Crippen molar-refractivity contribution in [3.05, 3.63) is 27.1 Å². The molecule has 20 heavy (non-hydrogen) atoms. The van der Waals surface area contributed by atoms with Crippen LogP contribution in [-0.4, -0.2) is 35.9 Å². The van der Waals surface area contributed by atoms with Crippen molar-refractivity contribution in [1.82, 2.24) is 4.31 Å². The van der Waals surface area contributed by atoms with Gasteiger partial charge in [0.1, 0.15) is 6.54 Å². The Labute approximate surface area is 135 Å². The van der Waals surface area contributed by atoms with Crippen molar-refractivity contribution in [2.75, 3.05) is 6.54 Å². The summed E-state index contributed by atoms with van der Waals surface area (Å²) in [4.78, 5) is 11.0. The van der Waals surface area contributed by atoms with Crippen LogP contribution in [0.3, 0.4) is 0 Å². The molecular formula is C12H15Br2NO4S. The number of hydrogen-bond acceptors (Lipinski definition) is 3.